The number of anilines is 2. The number of aryl methyl sites for hydroxylation is 1. The number of nitrogens with zero attached hydrogens (tertiary/aromatic N) is 1. The largest absolute Gasteiger partial charge is 0.490 e. The zero-order valence-corrected chi connectivity index (χ0v) is 23.8. The highest BCUT2D eigenvalue weighted by atomic mass is 127. The first kappa shape index (κ1) is 28.1. The van der Waals surface area contributed by atoms with Crippen molar-refractivity contribution in [2.24, 2.45) is 0 Å². The van der Waals surface area contributed by atoms with Crippen LogP contribution in [0.25, 0.3) is 6.08 Å². The van der Waals surface area contributed by atoms with Crippen LogP contribution in [0, 0.1) is 10.5 Å². The number of ether oxygens (including phenoxy) is 2. The Bertz CT molecular complexity index is 1510. The van der Waals surface area contributed by atoms with Gasteiger partial charge in [0.1, 0.15) is 5.57 Å². The van der Waals surface area contributed by atoms with Crippen LogP contribution in [0.3, 0.4) is 0 Å². The maximum Gasteiger partial charge on any atom is 0.335 e. The van der Waals surface area contributed by atoms with Gasteiger partial charge in [-0.1, -0.05) is 35.9 Å². The second kappa shape index (κ2) is 12.3. The van der Waals surface area contributed by atoms with Crippen LogP contribution < -0.4 is 25.0 Å². The van der Waals surface area contributed by atoms with E-state index in [9.17, 15) is 19.2 Å². The van der Waals surface area contributed by atoms with E-state index in [4.69, 9.17) is 21.1 Å². The molecule has 5 amide bonds. The summed E-state index contributed by atoms with van der Waals surface area (Å²) in [6.45, 7) is 3.75. The van der Waals surface area contributed by atoms with Gasteiger partial charge < -0.3 is 14.8 Å². The van der Waals surface area contributed by atoms with Crippen LogP contribution >= 0.6 is 34.2 Å². The molecule has 39 heavy (non-hydrogen) atoms. The standard InChI is InChI=1S/C28H23ClIN3O6/c1-3-38-23-14-17(13-21(30)25(23)39-15-24(34)31-18-8-6-7-16(2)11-18)12-19-26(35)32-28(37)33(27(19)36)22-10-5-4-9-20(22)29/h4-14H,3,15H2,1-2H3,(H,31,34)(H,32,35,37)/b19-12+. The maximum absolute atomic E-state index is 13.2. The SMILES string of the molecule is CCOc1cc(/C=C2\C(=O)NC(=O)N(c3ccccc3Cl)C2=O)cc(I)c1OCC(=O)Nc1cccc(C)c1. The minimum absolute atomic E-state index is 0.150. The number of amides is 5. The van der Waals surface area contributed by atoms with Gasteiger partial charge in [0.25, 0.3) is 17.7 Å². The van der Waals surface area contributed by atoms with Crippen molar-refractivity contribution in [3.63, 3.8) is 0 Å². The number of benzene rings is 3. The van der Waals surface area contributed by atoms with Crippen LogP contribution in [0.1, 0.15) is 18.1 Å². The van der Waals surface area contributed by atoms with Crippen LogP contribution in [0.2, 0.25) is 5.02 Å². The number of nitrogens with one attached hydrogen (secondary N) is 2. The van der Waals surface area contributed by atoms with Crippen molar-refractivity contribution in [2.75, 3.05) is 23.4 Å². The quantitative estimate of drug-likeness (QED) is 0.192. The molecule has 0 aliphatic carbocycles. The summed E-state index contributed by atoms with van der Waals surface area (Å²) in [5.74, 6) is -1.35. The summed E-state index contributed by atoms with van der Waals surface area (Å²) in [6, 6.07) is 16.1. The van der Waals surface area contributed by atoms with Crippen LogP contribution in [-0.4, -0.2) is 37.0 Å². The highest BCUT2D eigenvalue weighted by molar-refractivity contribution is 14.1. The maximum atomic E-state index is 13.2. The number of hydrogen-bond donors (Lipinski definition) is 2. The van der Waals surface area contributed by atoms with Gasteiger partial charge in [0.15, 0.2) is 18.1 Å². The van der Waals surface area contributed by atoms with E-state index < -0.39 is 17.8 Å². The molecular formula is C28H23ClIN3O6. The van der Waals surface area contributed by atoms with Crippen molar-refractivity contribution in [2.45, 2.75) is 13.8 Å². The van der Waals surface area contributed by atoms with Gasteiger partial charge in [-0.15, -0.1) is 0 Å². The number of carbonyl (C=O) groups is 4. The van der Waals surface area contributed by atoms with Crippen LogP contribution in [0.15, 0.2) is 66.2 Å². The molecule has 11 heteroatoms. The second-order valence-corrected chi connectivity index (χ2v) is 9.95. The predicted molar refractivity (Wildman–Crippen MR) is 156 cm³/mol. The molecule has 4 rings (SSSR count). The molecule has 1 aliphatic heterocycles. The average molecular weight is 660 g/mol. The number of halogens is 2. The summed E-state index contributed by atoms with van der Waals surface area (Å²) in [5.41, 5.74) is 2.00. The van der Waals surface area contributed by atoms with Crippen LogP contribution in [0.4, 0.5) is 16.2 Å². The summed E-state index contributed by atoms with van der Waals surface area (Å²) >= 11 is 8.21. The molecule has 0 radical (unpaired) electrons. The summed E-state index contributed by atoms with van der Waals surface area (Å²) < 4.78 is 12.1. The van der Waals surface area contributed by atoms with Crippen molar-refractivity contribution in [1.29, 1.82) is 0 Å². The monoisotopic (exact) mass is 659 g/mol. The van der Waals surface area contributed by atoms with Crippen molar-refractivity contribution in [1.82, 2.24) is 5.32 Å². The van der Waals surface area contributed by atoms with Gasteiger partial charge >= 0.3 is 6.03 Å². The summed E-state index contributed by atoms with van der Waals surface area (Å²) in [7, 11) is 0. The molecule has 1 heterocycles. The lowest BCUT2D eigenvalue weighted by Crippen LogP contribution is -2.54. The van der Waals surface area contributed by atoms with Crippen molar-refractivity contribution in [3.8, 4) is 11.5 Å². The van der Waals surface area contributed by atoms with Crippen molar-refractivity contribution >= 4 is 75.4 Å². The molecule has 2 N–H and O–H groups in total. The van der Waals surface area contributed by atoms with E-state index in [-0.39, 0.29) is 28.8 Å². The minimum atomic E-state index is -0.896. The average Bonchev–Trinajstić information content (AvgIpc) is 2.87. The third-order valence-corrected chi connectivity index (χ3v) is 6.61. The van der Waals surface area contributed by atoms with E-state index in [1.54, 1.807) is 37.3 Å². The minimum Gasteiger partial charge on any atom is -0.490 e. The number of barbiturate groups is 1. The molecule has 0 saturated carbocycles. The third-order valence-electron chi connectivity index (χ3n) is 5.49. The lowest BCUT2D eigenvalue weighted by Gasteiger charge is -2.27. The number of carbonyl (C=O) groups excluding carboxylic acids is 4. The van der Waals surface area contributed by atoms with Gasteiger partial charge in [-0.3, -0.25) is 19.7 Å². The first-order valence-corrected chi connectivity index (χ1v) is 13.2. The van der Waals surface area contributed by atoms with E-state index in [0.717, 1.165) is 10.5 Å². The fourth-order valence-corrected chi connectivity index (χ4v) is 4.81. The van der Waals surface area contributed by atoms with Gasteiger partial charge in [-0.25, -0.2) is 9.69 Å². The molecule has 1 saturated heterocycles. The van der Waals surface area contributed by atoms with E-state index in [0.29, 0.717) is 32.9 Å². The van der Waals surface area contributed by atoms with E-state index >= 15 is 0 Å². The molecule has 1 fully saturated rings. The Morgan fingerprint density at radius 1 is 1.08 bits per heavy atom. The summed E-state index contributed by atoms with van der Waals surface area (Å²) in [5, 5.41) is 5.14. The van der Waals surface area contributed by atoms with Gasteiger partial charge in [-0.05, 0) is 90.0 Å². The number of rotatable bonds is 8. The van der Waals surface area contributed by atoms with E-state index in [2.05, 4.69) is 10.6 Å². The molecule has 0 atom stereocenters. The predicted octanol–water partition coefficient (Wildman–Crippen LogP) is 5.34. The van der Waals surface area contributed by atoms with Gasteiger partial charge in [0.05, 0.1) is 20.9 Å². The van der Waals surface area contributed by atoms with Gasteiger partial charge in [0.2, 0.25) is 0 Å². The lowest BCUT2D eigenvalue weighted by molar-refractivity contribution is -0.122. The molecule has 3 aromatic rings. The Balaban J connectivity index is 1.59. The first-order chi connectivity index (χ1) is 18.7. The Labute approximate surface area is 243 Å². The normalized spacial score (nSPS) is 14.3. The molecule has 0 unspecified atom stereocenters. The number of para-hydroxylation sites is 1. The molecule has 200 valence electrons. The van der Waals surface area contributed by atoms with Crippen molar-refractivity contribution < 1.29 is 28.7 Å². The zero-order chi connectivity index (χ0) is 28.1. The Morgan fingerprint density at radius 3 is 2.56 bits per heavy atom. The van der Waals surface area contributed by atoms with Crippen LogP contribution in [0.5, 0.6) is 11.5 Å². The number of imide groups is 2. The number of hydrogen-bond acceptors (Lipinski definition) is 6. The molecule has 3 aromatic carbocycles. The van der Waals surface area contributed by atoms with E-state index in [1.807, 2.05) is 47.7 Å². The Morgan fingerprint density at radius 2 is 1.85 bits per heavy atom. The topological polar surface area (TPSA) is 114 Å². The van der Waals surface area contributed by atoms with Crippen molar-refractivity contribution in [3.05, 3.63) is 86.0 Å². The fourth-order valence-electron chi connectivity index (χ4n) is 3.81. The fraction of sp³-hybridized carbons (Fsp3) is 0.143. The third kappa shape index (κ3) is 6.58. The molecule has 0 aromatic heterocycles. The zero-order valence-electron chi connectivity index (χ0n) is 20.9. The Kier molecular flexibility index (Phi) is 8.87. The van der Waals surface area contributed by atoms with Gasteiger partial charge in [-0.2, -0.15) is 0 Å². The first-order valence-electron chi connectivity index (χ1n) is 11.8. The smallest absolute Gasteiger partial charge is 0.335 e. The summed E-state index contributed by atoms with van der Waals surface area (Å²) in [6.07, 6.45) is 1.35. The summed E-state index contributed by atoms with van der Waals surface area (Å²) in [4.78, 5) is 51.6. The molecule has 0 bridgehead atoms. The number of urea groups is 1. The molecule has 1 aliphatic rings. The van der Waals surface area contributed by atoms with E-state index in [1.165, 1.54) is 18.2 Å². The second-order valence-electron chi connectivity index (χ2n) is 8.38. The highest BCUT2D eigenvalue weighted by Crippen LogP contribution is 2.36. The Hall–Kier alpha value is -3.90. The lowest BCUT2D eigenvalue weighted by atomic mass is 10.1. The molecular weight excluding hydrogens is 637 g/mol. The van der Waals surface area contributed by atoms with Crippen LogP contribution in [-0.2, 0) is 14.4 Å². The highest BCUT2D eigenvalue weighted by Gasteiger charge is 2.37. The van der Waals surface area contributed by atoms with Gasteiger partial charge in [0, 0.05) is 5.69 Å². The molecule has 0 spiro atoms. The molecule has 9 nitrogen and oxygen atoms in total.